The van der Waals surface area contributed by atoms with E-state index in [9.17, 15) is 0 Å². The van der Waals surface area contributed by atoms with E-state index in [1.165, 1.54) is 6.33 Å². The standard InChI is InChI=1S/C15H17N5O2/c1-11-9-14(20-15(19-11)17-10-18-20)16-7-8-22-13-5-3-12(21-2)4-6-13/h3-6,9-10,16H,7-8H2,1-2H3. The van der Waals surface area contributed by atoms with Crippen LogP contribution in [0.1, 0.15) is 5.69 Å². The fourth-order valence-electron chi connectivity index (χ4n) is 2.08. The molecule has 0 fully saturated rings. The summed E-state index contributed by atoms with van der Waals surface area (Å²) in [5.74, 6) is 3.04. The van der Waals surface area contributed by atoms with Crippen molar-refractivity contribution in [2.75, 3.05) is 25.6 Å². The molecule has 1 aromatic carbocycles. The lowest BCUT2D eigenvalue weighted by Crippen LogP contribution is -2.14. The fourth-order valence-corrected chi connectivity index (χ4v) is 2.08. The Morgan fingerprint density at radius 1 is 1.18 bits per heavy atom. The summed E-state index contributed by atoms with van der Waals surface area (Å²) in [4.78, 5) is 8.38. The normalized spacial score (nSPS) is 10.6. The zero-order valence-corrected chi connectivity index (χ0v) is 12.5. The number of benzene rings is 1. The maximum atomic E-state index is 5.67. The maximum Gasteiger partial charge on any atom is 0.254 e. The predicted molar refractivity (Wildman–Crippen MR) is 82.5 cm³/mol. The van der Waals surface area contributed by atoms with Crippen molar-refractivity contribution < 1.29 is 9.47 Å². The molecule has 3 rings (SSSR count). The molecule has 0 aliphatic heterocycles. The maximum absolute atomic E-state index is 5.67. The molecule has 2 aromatic heterocycles. The van der Waals surface area contributed by atoms with Gasteiger partial charge in [-0.15, -0.1) is 0 Å². The van der Waals surface area contributed by atoms with Crippen LogP contribution >= 0.6 is 0 Å². The van der Waals surface area contributed by atoms with E-state index >= 15 is 0 Å². The zero-order valence-electron chi connectivity index (χ0n) is 12.5. The van der Waals surface area contributed by atoms with Crippen LogP contribution in [0.4, 0.5) is 5.82 Å². The van der Waals surface area contributed by atoms with Crippen LogP contribution in [0.15, 0.2) is 36.7 Å². The monoisotopic (exact) mass is 299 g/mol. The van der Waals surface area contributed by atoms with E-state index in [-0.39, 0.29) is 0 Å². The van der Waals surface area contributed by atoms with E-state index in [0.717, 1.165) is 23.0 Å². The quantitative estimate of drug-likeness (QED) is 0.701. The SMILES string of the molecule is COc1ccc(OCCNc2cc(C)nc3ncnn23)cc1. The molecule has 0 atom stereocenters. The largest absolute Gasteiger partial charge is 0.497 e. The lowest BCUT2D eigenvalue weighted by Gasteiger charge is -2.10. The summed E-state index contributed by atoms with van der Waals surface area (Å²) >= 11 is 0. The molecule has 7 heteroatoms. The van der Waals surface area contributed by atoms with Crippen molar-refractivity contribution in [2.24, 2.45) is 0 Å². The van der Waals surface area contributed by atoms with Crippen molar-refractivity contribution in [1.82, 2.24) is 19.6 Å². The van der Waals surface area contributed by atoms with Gasteiger partial charge in [-0.2, -0.15) is 14.6 Å². The Bertz CT molecular complexity index is 754. The van der Waals surface area contributed by atoms with Crippen molar-refractivity contribution in [3.63, 3.8) is 0 Å². The van der Waals surface area contributed by atoms with Crippen LogP contribution in [0.25, 0.3) is 5.78 Å². The molecule has 0 aliphatic rings. The van der Waals surface area contributed by atoms with Crippen molar-refractivity contribution >= 4 is 11.6 Å². The van der Waals surface area contributed by atoms with Gasteiger partial charge in [-0.25, -0.2) is 4.98 Å². The molecule has 0 radical (unpaired) electrons. The van der Waals surface area contributed by atoms with Gasteiger partial charge in [-0.05, 0) is 31.2 Å². The molecule has 7 nitrogen and oxygen atoms in total. The average molecular weight is 299 g/mol. The van der Waals surface area contributed by atoms with Crippen LogP contribution in [-0.4, -0.2) is 39.8 Å². The number of aromatic nitrogens is 4. The van der Waals surface area contributed by atoms with E-state index in [1.807, 2.05) is 37.3 Å². The van der Waals surface area contributed by atoms with Crippen LogP contribution < -0.4 is 14.8 Å². The molecular weight excluding hydrogens is 282 g/mol. The molecule has 1 N–H and O–H groups in total. The third-order valence-corrected chi connectivity index (χ3v) is 3.12. The van der Waals surface area contributed by atoms with E-state index in [1.54, 1.807) is 11.6 Å². The van der Waals surface area contributed by atoms with Crippen molar-refractivity contribution in [2.45, 2.75) is 6.92 Å². The van der Waals surface area contributed by atoms with Crippen LogP contribution in [0.3, 0.4) is 0 Å². The third kappa shape index (κ3) is 3.08. The second-order valence-corrected chi connectivity index (χ2v) is 4.71. The number of anilines is 1. The first-order chi connectivity index (χ1) is 10.8. The molecule has 22 heavy (non-hydrogen) atoms. The second-order valence-electron chi connectivity index (χ2n) is 4.71. The van der Waals surface area contributed by atoms with Crippen LogP contribution in [-0.2, 0) is 0 Å². The van der Waals surface area contributed by atoms with Crippen LogP contribution in [0.2, 0.25) is 0 Å². The molecule has 2 heterocycles. The van der Waals surface area contributed by atoms with E-state index in [4.69, 9.17) is 9.47 Å². The van der Waals surface area contributed by atoms with Gasteiger partial charge in [0.25, 0.3) is 5.78 Å². The molecule has 0 saturated heterocycles. The van der Waals surface area contributed by atoms with E-state index in [0.29, 0.717) is 18.9 Å². The van der Waals surface area contributed by atoms with Crippen molar-refractivity contribution in [1.29, 1.82) is 0 Å². The highest BCUT2D eigenvalue weighted by atomic mass is 16.5. The first-order valence-electron chi connectivity index (χ1n) is 6.94. The van der Waals surface area contributed by atoms with Crippen LogP contribution in [0.5, 0.6) is 11.5 Å². The molecular formula is C15H17N5O2. The van der Waals surface area contributed by atoms with Gasteiger partial charge < -0.3 is 14.8 Å². The molecule has 0 spiro atoms. The summed E-state index contributed by atoms with van der Waals surface area (Å²) in [6.07, 6.45) is 1.49. The Labute approximate surface area is 127 Å². The summed E-state index contributed by atoms with van der Waals surface area (Å²) in [5.41, 5.74) is 0.888. The van der Waals surface area contributed by atoms with E-state index in [2.05, 4.69) is 20.4 Å². The molecule has 0 bridgehead atoms. The summed E-state index contributed by atoms with van der Waals surface area (Å²) in [5, 5.41) is 7.42. The predicted octanol–water partition coefficient (Wildman–Crippen LogP) is 1.93. The molecule has 3 aromatic rings. The topological polar surface area (TPSA) is 73.6 Å². The Morgan fingerprint density at radius 3 is 2.73 bits per heavy atom. The summed E-state index contributed by atoms with van der Waals surface area (Å²) in [6, 6.07) is 9.42. The Balaban J connectivity index is 1.56. The molecule has 0 unspecified atom stereocenters. The Morgan fingerprint density at radius 2 is 1.95 bits per heavy atom. The summed E-state index contributed by atoms with van der Waals surface area (Å²) in [7, 11) is 1.64. The third-order valence-electron chi connectivity index (χ3n) is 3.12. The van der Waals surface area contributed by atoms with E-state index < -0.39 is 0 Å². The van der Waals surface area contributed by atoms with Gasteiger partial charge in [0.2, 0.25) is 0 Å². The second kappa shape index (κ2) is 6.30. The highest BCUT2D eigenvalue weighted by molar-refractivity contribution is 5.44. The number of methoxy groups -OCH3 is 1. The minimum Gasteiger partial charge on any atom is -0.497 e. The number of hydrogen-bond donors (Lipinski definition) is 1. The number of nitrogens with zero attached hydrogens (tertiary/aromatic N) is 4. The van der Waals surface area contributed by atoms with Crippen molar-refractivity contribution in [3.8, 4) is 11.5 Å². The van der Waals surface area contributed by atoms with Gasteiger partial charge in [-0.3, -0.25) is 0 Å². The lowest BCUT2D eigenvalue weighted by atomic mass is 10.3. The number of rotatable bonds is 6. The summed E-state index contributed by atoms with van der Waals surface area (Å²) in [6.45, 7) is 3.10. The molecule has 0 saturated carbocycles. The summed E-state index contributed by atoms with van der Waals surface area (Å²) < 4.78 is 12.4. The number of aryl methyl sites for hydroxylation is 1. The van der Waals surface area contributed by atoms with Crippen molar-refractivity contribution in [3.05, 3.63) is 42.4 Å². The number of fused-ring (bicyclic) bond motifs is 1. The van der Waals surface area contributed by atoms with Crippen LogP contribution in [0, 0.1) is 6.92 Å². The smallest absolute Gasteiger partial charge is 0.254 e. The number of nitrogens with one attached hydrogen (secondary N) is 1. The number of hydrogen-bond acceptors (Lipinski definition) is 6. The Kier molecular flexibility index (Phi) is 4.04. The highest BCUT2D eigenvalue weighted by Gasteiger charge is 2.04. The van der Waals surface area contributed by atoms with Gasteiger partial charge in [0, 0.05) is 11.8 Å². The lowest BCUT2D eigenvalue weighted by molar-refractivity contribution is 0.331. The molecule has 0 amide bonds. The van der Waals surface area contributed by atoms with Gasteiger partial charge in [0.15, 0.2) is 0 Å². The van der Waals surface area contributed by atoms with Gasteiger partial charge in [0.1, 0.15) is 30.3 Å². The molecule has 0 aliphatic carbocycles. The van der Waals surface area contributed by atoms with Gasteiger partial charge in [0.05, 0.1) is 13.7 Å². The van der Waals surface area contributed by atoms with Gasteiger partial charge in [-0.1, -0.05) is 0 Å². The highest BCUT2D eigenvalue weighted by Crippen LogP contribution is 2.17. The number of ether oxygens (including phenoxy) is 2. The van der Waals surface area contributed by atoms with Gasteiger partial charge >= 0.3 is 0 Å². The Hall–Kier alpha value is -2.83. The minimum atomic E-state index is 0.532. The molecule has 114 valence electrons. The first kappa shape index (κ1) is 14.1. The minimum absolute atomic E-state index is 0.532. The first-order valence-corrected chi connectivity index (χ1v) is 6.94. The fraction of sp³-hybridized carbons (Fsp3) is 0.267. The zero-order chi connectivity index (χ0) is 15.4. The average Bonchev–Trinajstić information content (AvgIpc) is 3.00.